The Morgan fingerprint density at radius 3 is 2.40 bits per heavy atom. The minimum absolute atomic E-state index is 0.00898. The van der Waals surface area contributed by atoms with Crippen molar-refractivity contribution in [2.75, 3.05) is 19.7 Å². The van der Waals surface area contributed by atoms with Crippen LogP contribution in [0.1, 0.15) is 39.2 Å². The standard InChI is InChI=1S/C18H26FN3O3/c1-4-25-17(24)22-11-9-15(10-12-22)20-16(23)21-18(2,3)13-5-7-14(19)8-6-13/h5-8,15H,4,9-12H2,1-3H3,(H2,20,21,23). The number of hydrogen-bond donors (Lipinski definition) is 2. The third-order valence-corrected chi connectivity index (χ3v) is 4.35. The first-order valence-electron chi connectivity index (χ1n) is 8.58. The molecule has 0 saturated carbocycles. The van der Waals surface area contributed by atoms with Gasteiger partial charge in [0, 0.05) is 19.1 Å². The minimum atomic E-state index is -0.622. The first-order valence-corrected chi connectivity index (χ1v) is 8.58. The third-order valence-electron chi connectivity index (χ3n) is 4.35. The molecule has 0 radical (unpaired) electrons. The Hall–Kier alpha value is -2.31. The van der Waals surface area contributed by atoms with E-state index in [0.717, 1.165) is 5.56 Å². The van der Waals surface area contributed by atoms with E-state index in [1.54, 1.807) is 24.0 Å². The van der Waals surface area contributed by atoms with Gasteiger partial charge in [0.25, 0.3) is 0 Å². The number of carbonyl (C=O) groups excluding carboxylic acids is 2. The van der Waals surface area contributed by atoms with Gasteiger partial charge in [0.1, 0.15) is 5.82 Å². The zero-order valence-electron chi connectivity index (χ0n) is 15.0. The zero-order valence-corrected chi connectivity index (χ0v) is 15.0. The molecule has 1 aliphatic heterocycles. The minimum Gasteiger partial charge on any atom is -0.450 e. The first kappa shape index (κ1) is 19.0. The van der Waals surface area contributed by atoms with Gasteiger partial charge >= 0.3 is 12.1 Å². The highest BCUT2D eigenvalue weighted by Gasteiger charge is 2.27. The number of hydrogen-bond acceptors (Lipinski definition) is 3. The van der Waals surface area contributed by atoms with Gasteiger partial charge in [-0.1, -0.05) is 12.1 Å². The van der Waals surface area contributed by atoms with E-state index in [0.29, 0.717) is 32.5 Å². The number of nitrogens with one attached hydrogen (secondary N) is 2. The number of urea groups is 1. The molecule has 0 bridgehead atoms. The lowest BCUT2D eigenvalue weighted by Gasteiger charge is -2.33. The molecule has 0 spiro atoms. The Bertz CT molecular complexity index is 596. The number of benzene rings is 1. The zero-order chi connectivity index (χ0) is 18.4. The van der Waals surface area contributed by atoms with Crippen molar-refractivity contribution in [2.24, 2.45) is 0 Å². The number of likely N-dealkylation sites (tertiary alicyclic amines) is 1. The molecule has 1 fully saturated rings. The fourth-order valence-electron chi connectivity index (χ4n) is 2.87. The SMILES string of the molecule is CCOC(=O)N1CCC(NC(=O)NC(C)(C)c2ccc(F)cc2)CC1. The van der Waals surface area contributed by atoms with Crippen molar-refractivity contribution in [3.05, 3.63) is 35.6 Å². The molecule has 1 aliphatic rings. The van der Waals surface area contributed by atoms with E-state index in [1.165, 1.54) is 12.1 Å². The first-order chi connectivity index (χ1) is 11.8. The molecule has 2 N–H and O–H groups in total. The van der Waals surface area contributed by atoms with Gasteiger partial charge in [-0.25, -0.2) is 14.0 Å². The van der Waals surface area contributed by atoms with Gasteiger partial charge in [-0.05, 0) is 51.3 Å². The topological polar surface area (TPSA) is 70.7 Å². The fraction of sp³-hybridized carbons (Fsp3) is 0.556. The smallest absolute Gasteiger partial charge is 0.409 e. The number of carbonyl (C=O) groups is 2. The molecule has 1 saturated heterocycles. The van der Waals surface area contributed by atoms with Crippen molar-refractivity contribution in [3.8, 4) is 0 Å². The number of rotatable bonds is 4. The van der Waals surface area contributed by atoms with Crippen LogP contribution in [0.25, 0.3) is 0 Å². The van der Waals surface area contributed by atoms with Gasteiger partial charge in [0.15, 0.2) is 0 Å². The largest absolute Gasteiger partial charge is 0.450 e. The second-order valence-corrected chi connectivity index (χ2v) is 6.69. The average Bonchev–Trinajstić information content (AvgIpc) is 2.55. The van der Waals surface area contributed by atoms with Crippen LogP contribution in [0.15, 0.2) is 24.3 Å². The van der Waals surface area contributed by atoms with Crippen molar-refractivity contribution < 1.29 is 18.7 Å². The summed E-state index contributed by atoms with van der Waals surface area (Å²) in [6.45, 7) is 6.99. The highest BCUT2D eigenvalue weighted by Crippen LogP contribution is 2.20. The lowest BCUT2D eigenvalue weighted by Crippen LogP contribution is -2.52. The van der Waals surface area contributed by atoms with Gasteiger partial charge in [0.2, 0.25) is 0 Å². The molecule has 0 atom stereocenters. The molecule has 25 heavy (non-hydrogen) atoms. The van der Waals surface area contributed by atoms with Crippen LogP contribution in [0.4, 0.5) is 14.0 Å². The van der Waals surface area contributed by atoms with E-state index in [2.05, 4.69) is 10.6 Å². The Balaban J connectivity index is 1.82. The quantitative estimate of drug-likeness (QED) is 0.876. The molecule has 0 unspecified atom stereocenters. The van der Waals surface area contributed by atoms with E-state index >= 15 is 0 Å². The summed E-state index contributed by atoms with van der Waals surface area (Å²) in [6.07, 6.45) is 1.06. The Labute approximate surface area is 147 Å². The summed E-state index contributed by atoms with van der Waals surface area (Å²) in [7, 11) is 0. The third kappa shape index (κ3) is 5.34. The summed E-state index contributed by atoms with van der Waals surface area (Å²) < 4.78 is 18.0. The van der Waals surface area contributed by atoms with Gasteiger partial charge in [0.05, 0.1) is 12.1 Å². The van der Waals surface area contributed by atoms with E-state index in [1.807, 2.05) is 13.8 Å². The maximum atomic E-state index is 13.0. The predicted octanol–water partition coefficient (Wildman–Crippen LogP) is 2.98. The molecule has 1 aromatic carbocycles. The molecular formula is C18H26FN3O3. The maximum Gasteiger partial charge on any atom is 0.409 e. The second kappa shape index (κ2) is 8.18. The Morgan fingerprint density at radius 1 is 1.24 bits per heavy atom. The summed E-state index contributed by atoms with van der Waals surface area (Å²) in [5, 5.41) is 5.86. The van der Waals surface area contributed by atoms with Gasteiger partial charge in [-0.15, -0.1) is 0 Å². The van der Waals surface area contributed by atoms with Crippen LogP contribution in [-0.4, -0.2) is 42.8 Å². The monoisotopic (exact) mass is 351 g/mol. The Kier molecular flexibility index (Phi) is 6.22. The van der Waals surface area contributed by atoms with Crippen molar-refractivity contribution in [1.82, 2.24) is 15.5 Å². The molecule has 7 heteroatoms. The summed E-state index contributed by atoms with van der Waals surface area (Å²) in [5.74, 6) is -0.308. The van der Waals surface area contributed by atoms with Crippen LogP contribution in [0.2, 0.25) is 0 Å². The van der Waals surface area contributed by atoms with E-state index in [9.17, 15) is 14.0 Å². The fourth-order valence-corrected chi connectivity index (χ4v) is 2.87. The lowest BCUT2D eigenvalue weighted by molar-refractivity contribution is 0.0956. The van der Waals surface area contributed by atoms with Crippen LogP contribution < -0.4 is 10.6 Å². The molecule has 2 rings (SSSR count). The molecule has 3 amide bonds. The van der Waals surface area contributed by atoms with Crippen molar-refractivity contribution in [1.29, 1.82) is 0 Å². The lowest BCUT2D eigenvalue weighted by atomic mass is 9.94. The molecule has 0 aliphatic carbocycles. The molecule has 6 nitrogen and oxygen atoms in total. The number of amides is 3. The van der Waals surface area contributed by atoms with Crippen LogP contribution in [-0.2, 0) is 10.3 Å². The van der Waals surface area contributed by atoms with Crippen LogP contribution in [0.5, 0.6) is 0 Å². The van der Waals surface area contributed by atoms with E-state index in [-0.39, 0.29) is 24.0 Å². The molecule has 1 heterocycles. The van der Waals surface area contributed by atoms with Gasteiger partial charge in [-0.2, -0.15) is 0 Å². The van der Waals surface area contributed by atoms with Crippen molar-refractivity contribution in [2.45, 2.75) is 45.2 Å². The second-order valence-electron chi connectivity index (χ2n) is 6.69. The summed E-state index contributed by atoms with van der Waals surface area (Å²) >= 11 is 0. The highest BCUT2D eigenvalue weighted by atomic mass is 19.1. The van der Waals surface area contributed by atoms with Crippen LogP contribution >= 0.6 is 0 Å². The summed E-state index contributed by atoms with van der Waals surface area (Å²) in [5.41, 5.74) is 0.199. The van der Waals surface area contributed by atoms with Crippen molar-refractivity contribution >= 4 is 12.1 Å². The number of ether oxygens (including phenoxy) is 1. The molecule has 1 aromatic rings. The van der Waals surface area contributed by atoms with Gasteiger partial charge < -0.3 is 20.3 Å². The number of piperidine rings is 1. The van der Waals surface area contributed by atoms with Crippen LogP contribution in [0, 0.1) is 5.82 Å². The maximum absolute atomic E-state index is 13.0. The normalized spacial score (nSPS) is 15.6. The van der Waals surface area contributed by atoms with Crippen molar-refractivity contribution in [3.63, 3.8) is 0 Å². The number of nitrogens with zero attached hydrogens (tertiary/aromatic N) is 1. The number of halogens is 1. The predicted molar refractivity (Wildman–Crippen MR) is 92.7 cm³/mol. The average molecular weight is 351 g/mol. The Morgan fingerprint density at radius 2 is 1.84 bits per heavy atom. The van der Waals surface area contributed by atoms with E-state index in [4.69, 9.17) is 4.74 Å². The summed E-state index contributed by atoms with van der Waals surface area (Å²) in [6, 6.07) is 5.81. The van der Waals surface area contributed by atoms with E-state index < -0.39 is 5.54 Å². The molecular weight excluding hydrogens is 325 g/mol. The molecule has 138 valence electrons. The van der Waals surface area contributed by atoms with Crippen LogP contribution in [0.3, 0.4) is 0 Å². The highest BCUT2D eigenvalue weighted by molar-refractivity contribution is 5.75. The summed E-state index contributed by atoms with van der Waals surface area (Å²) in [4.78, 5) is 25.6. The molecule has 0 aromatic heterocycles. The van der Waals surface area contributed by atoms with Gasteiger partial charge in [-0.3, -0.25) is 0 Å².